The van der Waals surface area contributed by atoms with Crippen LogP contribution in [0, 0.1) is 0 Å². The second-order valence-electron chi connectivity index (χ2n) is 3.85. The molecule has 0 aromatic carbocycles. The van der Waals surface area contributed by atoms with Crippen LogP contribution in [0.25, 0.3) is 0 Å². The van der Waals surface area contributed by atoms with Crippen LogP contribution >= 0.6 is 11.6 Å². The van der Waals surface area contributed by atoms with Gasteiger partial charge in [-0.3, -0.25) is 4.79 Å². The number of alkyl halides is 1. The van der Waals surface area contributed by atoms with Crippen molar-refractivity contribution in [2.75, 3.05) is 25.6 Å². The van der Waals surface area contributed by atoms with Gasteiger partial charge >= 0.3 is 11.9 Å². The van der Waals surface area contributed by atoms with Gasteiger partial charge in [0.1, 0.15) is 0 Å². The van der Waals surface area contributed by atoms with Crippen LogP contribution in [0.3, 0.4) is 0 Å². The smallest absolute Gasteiger partial charge is 0.332 e. The quantitative estimate of drug-likeness (QED) is 0.379. The predicted molar refractivity (Wildman–Crippen MR) is 73.9 cm³/mol. The number of halogens is 1. The van der Waals surface area contributed by atoms with Crippen LogP contribution in [0.5, 0.6) is 0 Å². The standard InChI is InChI=1S/C13H22ClNO4/c1-3-7-18-12(16)9-11(15-6-5-14)10-13(17)19-8-4-2/h9,15H,3-8,10H2,1-2H3/b11-9-. The highest BCUT2D eigenvalue weighted by atomic mass is 35.5. The van der Waals surface area contributed by atoms with Crippen molar-refractivity contribution in [3.63, 3.8) is 0 Å². The van der Waals surface area contributed by atoms with E-state index in [0.717, 1.165) is 12.8 Å². The summed E-state index contributed by atoms with van der Waals surface area (Å²) in [7, 11) is 0. The maximum absolute atomic E-state index is 11.5. The Morgan fingerprint density at radius 1 is 1.16 bits per heavy atom. The minimum atomic E-state index is -0.470. The number of carbonyl (C=O) groups is 2. The van der Waals surface area contributed by atoms with Gasteiger partial charge < -0.3 is 14.8 Å². The van der Waals surface area contributed by atoms with Gasteiger partial charge in [-0.25, -0.2) is 4.79 Å². The van der Waals surface area contributed by atoms with E-state index in [1.165, 1.54) is 6.08 Å². The molecule has 0 saturated heterocycles. The molecule has 0 aromatic rings. The zero-order valence-corrected chi connectivity index (χ0v) is 12.3. The first kappa shape index (κ1) is 17.8. The van der Waals surface area contributed by atoms with Crippen molar-refractivity contribution < 1.29 is 19.1 Å². The first-order chi connectivity index (χ1) is 9.13. The van der Waals surface area contributed by atoms with E-state index in [0.29, 0.717) is 31.3 Å². The average Bonchev–Trinajstić information content (AvgIpc) is 2.40. The van der Waals surface area contributed by atoms with Crippen LogP contribution in [0.15, 0.2) is 11.8 Å². The number of hydrogen-bond donors (Lipinski definition) is 1. The summed E-state index contributed by atoms with van der Waals surface area (Å²) >= 11 is 5.56. The maximum atomic E-state index is 11.5. The fourth-order valence-corrected chi connectivity index (χ4v) is 1.28. The zero-order valence-electron chi connectivity index (χ0n) is 11.5. The molecular weight excluding hydrogens is 270 g/mol. The van der Waals surface area contributed by atoms with Crippen LogP contribution in [-0.4, -0.2) is 37.6 Å². The van der Waals surface area contributed by atoms with E-state index in [-0.39, 0.29) is 12.4 Å². The molecule has 19 heavy (non-hydrogen) atoms. The fraction of sp³-hybridized carbons (Fsp3) is 0.692. The molecule has 0 amide bonds. The molecule has 0 rings (SSSR count). The lowest BCUT2D eigenvalue weighted by atomic mass is 10.3. The second-order valence-corrected chi connectivity index (χ2v) is 4.23. The van der Waals surface area contributed by atoms with Crippen LogP contribution in [0.2, 0.25) is 0 Å². The van der Waals surface area contributed by atoms with Crippen molar-refractivity contribution in [3.05, 3.63) is 11.8 Å². The summed E-state index contributed by atoms with van der Waals surface area (Å²) in [6, 6.07) is 0. The summed E-state index contributed by atoms with van der Waals surface area (Å²) in [6.45, 7) is 5.03. The van der Waals surface area contributed by atoms with Crippen molar-refractivity contribution in [3.8, 4) is 0 Å². The number of hydrogen-bond acceptors (Lipinski definition) is 5. The molecule has 0 aliphatic heterocycles. The van der Waals surface area contributed by atoms with Gasteiger partial charge in [0, 0.05) is 24.2 Å². The highest BCUT2D eigenvalue weighted by molar-refractivity contribution is 6.18. The van der Waals surface area contributed by atoms with E-state index in [1.54, 1.807) is 0 Å². The van der Waals surface area contributed by atoms with E-state index in [1.807, 2.05) is 13.8 Å². The number of esters is 2. The number of nitrogens with one attached hydrogen (secondary N) is 1. The summed E-state index contributed by atoms with van der Waals surface area (Å²) in [4.78, 5) is 22.9. The van der Waals surface area contributed by atoms with Gasteiger partial charge in [-0.1, -0.05) is 13.8 Å². The Labute approximate surface area is 119 Å². The molecule has 0 aliphatic carbocycles. The first-order valence-electron chi connectivity index (χ1n) is 6.46. The third-order valence-corrected chi connectivity index (χ3v) is 2.18. The minimum absolute atomic E-state index is 0.0120. The Hall–Kier alpha value is -1.23. The minimum Gasteiger partial charge on any atom is -0.465 e. The van der Waals surface area contributed by atoms with Crippen molar-refractivity contribution in [1.29, 1.82) is 0 Å². The summed E-state index contributed by atoms with van der Waals surface area (Å²) in [5.41, 5.74) is 0.461. The Morgan fingerprint density at radius 3 is 2.37 bits per heavy atom. The molecule has 110 valence electrons. The van der Waals surface area contributed by atoms with Crippen LogP contribution in [0.4, 0.5) is 0 Å². The largest absolute Gasteiger partial charge is 0.465 e. The zero-order chi connectivity index (χ0) is 14.5. The van der Waals surface area contributed by atoms with E-state index >= 15 is 0 Å². The number of rotatable bonds is 10. The molecule has 0 heterocycles. The Morgan fingerprint density at radius 2 is 1.79 bits per heavy atom. The third-order valence-electron chi connectivity index (χ3n) is 1.99. The van der Waals surface area contributed by atoms with Crippen LogP contribution < -0.4 is 5.32 Å². The van der Waals surface area contributed by atoms with Crippen LogP contribution in [-0.2, 0) is 19.1 Å². The topological polar surface area (TPSA) is 64.6 Å². The van der Waals surface area contributed by atoms with Gasteiger partial charge in [0.15, 0.2) is 0 Å². The summed E-state index contributed by atoms with van der Waals surface area (Å²) in [5.74, 6) is -0.466. The van der Waals surface area contributed by atoms with E-state index in [4.69, 9.17) is 21.1 Å². The molecule has 0 atom stereocenters. The maximum Gasteiger partial charge on any atom is 0.332 e. The molecule has 0 radical (unpaired) electrons. The lowest BCUT2D eigenvalue weighted by molar-refractivity contribution is -0.142. The van der Waals surface area contributed by atoms with E-state index in [2.05, 4.69) is 5.32 Å². The van der Waals surface area contributed by atoms with Gasteiger partial charge in [0.2, 0.25) is 0 Å². The van der Waals surface area contributed by atoms with Crippen molar-refractivity contribution >= 4 is 23.5 Å². The molecule has 0 aliphatic rings. The fourth-order valence-electron chi connectivity index (χ4n) is 1.18. The van der Waals surface area contributed by atoms with Crippen molar-refractivity contribution in [2.24, 2.45) is 0 Å². The van der Waals surface area contributed by atoms with E-state index < -0.39 is 5.97 Å². The summed E-state index contributed by atoms with van der Waals surface area (Å²) in [5, 5.41) is 2.91. The lowest BCUT2D eigenvalue weighted by Gasteiger charge is -2.09. The molecule has 1 N–H and O–H groups in total. The van der Waals surface area contributed by atoms with Gasteiger partial charge in [-0.2, -0.15) is 0 Å². The molecule has 6 heteroatoms. The van der Waals surface area contributed by atoms with Crippen molar-refractivity contribution in [2.45, 2.75) is 33.1 Å². The SMILES string of the molecule is CCCOC(=O)/C=C(/CC(=O)OCCC)NCCCl. The average molecular weight is 292 g/mol. The molecule has 0 unspecified atom stereocenters. The number of carbonyl (C=O) groups excluding carboxylic acids is 2. The summed E-state index contributed by atoms with van der Waals surface area (Å²) < 4.78 is 9.88. The Kier molecular flexibility index (Phi) is 11.1. The van der Waals surface area contributed by atoms with Gasteiger partial charge in [-0.05, 0) is 12.8 Å². The predicted octanol–water partition coefficient (Wildman–Crippen LogP) is 2.00. The van der Waals surface area contributed by atoms with Crippen molar-refractivity contribution in [1.82, 2.24) is 5.32 Å². The van der Waals surface area contributed by atoms with Gasteiger partial charge in [0.25, 0.3) is 0 Å². The molecule has 0 spiro atoms. The Bertz CT molecular complexity index is 305. The molecule has 0 fully saturated rings. The molecular formula is C13H22ClNO4. The highest BCUT2D eigenvalue weighted by Crippen LogP contribution is 2.01. The van der Waals surface area contributed by atoms with Gasteiger partial charge in [-0.15, -0.1) is 11.6 Å². The lowest BCUT2D eigenvalue weighted by Crippen LogP contribution is -2.21. The summed E-state index contributed by atoms with van der Waals surface area (Å²) in [6.07, 6.45) is 2.80. The second kappa shape index (κ2) is 11.8. The molecule has 0 bridgehead atoms. The van der Waals surface area contributed by atoms with E-state index in [9.17, 15) is 9.59 Å². The molecule has 0 aromatic heterocycles. The number of ether oxygens (including phenoxy) is 2. The normalized spacial score (nSPS) is 11.0. The monoisotopic (exact) mass is 291 g/mol. The van der Waals surface area contributed by atoms with Gasteiger partial charge in [0.05, 0.1) is 19.6 Å². The highest BCUT2D eigenvalue weighted by Gasteiger charge is 2.09. The Balaban J connectivity index is 4.38. The first-order valence-corrected chi connectivity index (χ1v) is 7.00. The molecule has 0 saturated carbocycles. The third kappa shape index (κ3) is 10.4. The molecule has 5 nitrogen and oxygen atoms in total. The van der Waals surface area contributed by atoms with Crippen LogP contribution in [0.1, 0.15) is 33.1 Å².